The molecule has 11 heteroatoms. The van der Waals surface area contributed by atoms with Crippen molar-refractivity contribution in [2.45, 2.75) is 39.0 Å². The third-order valence-corrected chi connectivity index (χ3v) is 8.51. The van der Waals surface area contributed by atoms with E-state index in [4.69, 9.17) is 24.1 Å². The minimum Gasteiger partial charge on any atom is -0.493 e. The van der Waals surface area contributed by atoms with Crippen LogP contribution in [-0.2, 0) is 9.59 Å². The molecule has 0 unspecified atom stereocenters. The second-order valence-electron chi connectivity index (χ2n) is 9.30. The van der Waals surface area contributed by atoms with Gasteiger partial charge in [-0.05, 0) is 42.0 Å². The highest BCUT2D eigenvalue weighted by Crippen LogP contribution is 2.38. The van der Waals surface area contributed by atoms with Crippen molar-refractivity contribution in [2.24, 2.45) is 0 Å². The van der Waals surface area contributed by atoms with Crippen LogP contribution in [0.4, 0.5) is 0 Å². The standard InChI is InChI=1S/C30H30O9S2/c1-17(31)5-6-20(32)28-13-18-11-24(22(36-2)15-26(18)40-28)38-9-4-10-39-25-12-19-14-29(21(33)7-8-30(34)35)41-27(19)16-23(25)37-3/h11-16H,4-10H2,1-3H3,(H,34,35). The lowest BCUT2D eigenvalue weighted by atomic mass is 10.1. The molecule has 1 N–H and O–H groups in total. The number of benzene rings is 2. The summed E-state index contributed by atoms with van der Waals surface area (Å²) in [6.07, 6.45) is 0.729. The first-order chi connectivity index (χ1) is 19.7. The molecule has 9 nitrogen and oxygen atoms in total. The molecule has 0 amide bonds. The van der Waals surface area contributed by atoms with Crippen molar-refractivity contribution in [3.8, 4) is 23.0 Å². The number of ether oxygens (including phenoxy) is 4. The number of hydrogen-bond acceptors (Lipinski definition) is 10. The summed E-state index contributed by atoms with van der Waals surface area (Å²) in [6, 6.07) is 10.9. The molecule has 4 aromatic rings. The van der Waals surface area contributed by atoms with Crippen molar-refractivity contribution < 1.29 is 43.2 Å². The maximum Gasteiger partial charge on any atom is 0.303 e. The maximum absolute atomic E-state index is 12.5. The summed E-state index contributed by atoms with van der Waals surface area (Å²) in [5.74, 6) is 0.885. The number of Topliss-reactive ketones (excluding diaryl/α,β-unsaturated/α-hetero) is 3. The fourth-order valence-electron chi connectivity index (χ4n) is 4.09. The Morgan fingerprint density at radius 3 is 1.54 bits per heavy atom. The molecule has 0 bridgehead atoms. The summed E-state index contributed by atoms with van der Waals surface area (Å²) < 4.78 is 24.7. The average Bonchev–Trinajstić information content (AvgIpc) is 3.56. The molecule has 0 radical (unpaired) electrons. The molecular formula is C30H30O9S2. The lowest BCUT2D eigenvalue weighted by Crippen LogP contribution is -2.06. The van der Waals surface area contributed by atoms with E-state index < -0.39 is 5.97 Å². The molecule has 0 aliphatic carbocycles. The maximum atomic E-state index is 12.5. The molecule has 0 saturated carbocycles. The zero-order valence-electron chi connectivity index (χ0n) is 22.9. The molecule has 0 saturated heterocycles. The predicted octanol–water partition coefficient (Wildman–Crippen LogP) is 6.58. The first kappa shape index (κ1) is 30.0. The normalized spacial score (nSPS) is 11.0. The molecule has 0 spiro atoms. The summed E-state index contributed by atoms with van der Waals surface area (Å²) in [5.41, 5.74) is 0. The molecule has 216 valence electrons. The molecule has 2 aromatic heterocycles. The van der Waals surface area contributed by atoms with Crippen molar-refractivity contribution in [3.05, 3.63) is 46.2 Å². The Morgan fingerprint density at radius 2 is 1.12 bits per heavy atom. The van der Waals surface area contributed by atoms with Crippen LogP contribution in [0.25, 0.3) is 20.2 Å². The van der Waals surface area contributed by atoms with Gasteiger partial charge in [0.05, 0.1) is 43.6 Å². The predicted molar refractivity (Wildman–Crippen MR) is 158 cm³/mol. The Balaban J connectivity index is 1.36. The molecule has 2 aromatic carbocycles. The van der Waals surface area contributed by atoms with Gasteiger partial charge in [-0.15, -0.1) is 22.7 Å². The monoisotopic (exact) mass is 598 g/mol. The van der Waals surface area contributed by atoms with Crippen LogP contribution in [0, 0.1) is 0 Å². The van der Waals surface area contributed by atoms with Crippen LogP contribution < -0.4 is 18.9 Å². The van der Waals surface area contributed by atoms with Crippen molar-refractivity contribution in [1.29, 1.82) is 0 Å². The fourth-order valence-corrected chi connectivity index (χ4v) is 6.17. The van der Waals surface area contributed by atoms with E-state index in [0.29, 0.717) is 52.4 Å². The highest BCUT2D eigenvalue weighted by Gasteiger charge is 2.17. The van der Waals surface area contributed by atoms with E-state index in [1.165, 1.54) is 29.6 Å². The lowest BCUT2D eigenvalue weighted by molar-refractivity contribution is -0.137. The van der Waals surface area contributed by atoms with E-state index in [1.807, 2.05) is 24.3 Å². The number of hydrogen-bond donors (Lipinski definition) is 1. The highest BCUT2D eigenvalue weighted by molar-refractivity contribution is 7.21. The van der Waals surface area contributed by atoms with Gasteiger partial charge in [0.15, 0.2) is 34.6 Å². The number of carboxylic acids is 1. The Morgan fingerprint density at radius 1 is 0.659 bits per heavy atom. The van der Waals surface area contributed by atoms with Gasteiger partial charge in [-0.1, -0.05) is 0 Å². The van der Waals surface area contributed by atoms with Gasteiger partial charge in [0.2, 0.25) is 0 Å². The van der Waals surface area contributed by atoms with Crippen LogP contribution in [-0.4, -0.2) is 55.9 Å². The quantitative estimate of drug-likeness (QED) is 0.112. The summed E-state index contributed by atoms with van der Waals surface area (Å²) in [7, 11) is 3.10. The van der Waals surface area contributed by atoms with E-state index in [0.717, 1.165) is 20.2 Å². The van der Waals surface area contributed by atoms with Gasteiger partial charge < -0.3 is 28.8 Å². The third-order valence-electron chi connectivity index (χ3n) is 6.23. The number of methoxy groups -OCH3 is 2. The highest BCUT2D eigenvalue weighted by atomic mass is 32.1. The molecule has 0 fully saturated rings. The minimum atomic E-state index is -1.01. The zero-order chi connectivity index (χ0) is 29.5. The number of carboxylic acid groups (broad SMARTS) is 1. The van der Waals surface area contributed by atoms with E-state index >= 15 is 0 Å². The first-order valence-corrected chi connectivity index (χ1v) is 14.6. The van der Waals surface area contributed by atoms with Crippen molar-refractivity contribution in [3.63, 3.8) is 0 Å². The molecule has 4 rings (SSSR count). The summed E-state index contributed by atoms with van der Waals surface area (Å²) >= 11 is 2.66. The van der Waals surface area contributed by atoms with Gasteiger partial charge in [-0.2, -0.15) is 0 Å². The number of rotatable bonds is 16. The van der Waals surface area contributed by atoms with E-state index in [1.54, 1.807) is 26.4 Å². The number of carbonyl (C=O) groups is 4. The second kappa shape index (κ2) is 13.6. The van der Waals surface area contributed by atoms with Crippen LogP contribution in [0.3, 0.4) is 0 Å². The minimum absolute atomic E-state index is 0.0122. The van der Waals surface area contributed by atoms with Gasteiger partial charge in [0.25, 0.3) is 0 Å². The van der Waals surface area contributed by atoms with E-state index in [9.17, 15) is 19.2 Å². The summed E-state index contributed by atoms with van der Waals surface area (Å²) in [4.78, 5) is 47.9. The van der Waals surface area contributed by atoms with Crippen molar-refractivity contribution in [2.75, 3.05) is 27.4 Å². The molecule has 0 atom stereocenters. The lowest BCUT2D eigenvalue weighted by Gasteiger charge is -2.13. The first-order valence-electron chi connectivity index (χ1n) is 12.9. The van der Waals surface area contributed by atoms with E-state index in [2.05, 4.69) is 0 Å². The molecule has 2 heterocycles. The van der Waals surface area contributed by atoms with E-state index in [-0.39, 0.29) is 43.0 Å². The Labute approximate surface area is 244 Å². The smallest absolute Gasteiger partial charge is 0.303 e. The Kier molecular flexibility index (Phi) is 9.95. The van der Waals surface area contributed by atoms with Crippen LogP contribution >= 0.6 is 22.7 Å². The molecule has 0 aliphatic heterocycles. The summed E-state index contributed by atoms with van der Waals surface area (Å²) in [5, 5.41) is 10.5. The number of aliphatic carboxylic acids is 1. The topological polar surface area (TPSA) is 125 Å². The Hall–Kier alpha value is -3.96. The van der Waals surface area contributed by atoms with Crippen LogP contribution in [0.15, 0.2) is 36.4 Å². The van der Waals surface area contributed by atoms with Gasteiger partial charge >= 0.3 is 5.97 Å². The Bertz CT molecular complexity index is 1480. The number of thiophene rings is 2. The SMILES string of the molecule is COc1cc2sc(C(=O)CCC(C)=O)cc2cc1OCCCOc1cc2cc(C(=O)CCC(=O)O)sc2cc1OC. The number of ketones is 3. The number of fused-ring (bicyclic) bond motifs is 2. The average molecular weight is 599 g/mol. The van der Waals surface area contributed by atoms with Crippen molar-refractivity contribution >= 4 is 66.2 Å². The molecule has 0 aliphatic rings. The zero-order valence-corrected chi connectivity index (χ0v) is 24.6. The second-order valence-corrected chi connectivity index (χ2v) is 11.5. The largest absolute Gasteiger partial charge is 0.493 e. The molecular weight excluding hydrogens is 568 g/mol. The third kappa shape index (κ3) is 7.62. The van der Waals surface area contributed by atoms with Gasteiger partial charge in [0.1, 0.15) is 5.78 Å². The van der Waals surface area contributed by atoms with Gasteiger partial charge in [0, 0.05) is 47.2 Å². The van der Waals surface area contributed by atoms with Gasteiger partial charge in [-0.25, -0.2) is 0 Å². The van der Waals surface area contributed by atoms with Crippen LogP contribution in [0.5, 0.6) is 23.0 Å². The molecule has 41 heavy (non-hydrogen) atoms. The summed E-state index contributed by atoms with van der Waals surface area (Å²) in [6.45, 7) is 2.17. The fraction of sp³-hybridized carbons (Fsp3) is 0.333. The van der Waals surface area contributed by atoms with Gasteiger partial charge in [-0.3, -0.25) is 14.4 Å². The van der Waals surface area contributed by atoms with Crippen LogP contribution in [0.1, 0.15) is 58.4 Å². The number of carbonyl (C=O) groups excluding carboxylic acids is 3. The van der Waals surface area contributed by atoms with Crippen molar-refractivity contribution in [1.82, 2.24) is 0 Å². The van der Waals surface area contributed by atoms with Crippen LogP contribution in [0.2, 0.25) is 0 Å².